The minimum absolute atomic E-state index is 0.00490. The summed E-state index contributed by atoms with van der Waals surface area (Å²) in [7, 11) is 0. The highest BCUT2D eigenvalue weighted by Crippen LogP contribution is 2.33. The van der Waals surface area contributed by atoms with Crippen molar-refractivity contribution in [1.29, 1.82) is 0 Å². The van der Waals surface area contributed by atoms with E-state index in [0.717, 1.165) is 42.5 Å². The number of aromatic nitrogens is 4. The van der Waals surface area contributed by atoms with Gasteiger partial charge in [-0.15, -0.1) is 5.10 Å². The average molecular weight is 520 g/mol. The molecule has 1 fully saturated rings. The fourth-order valence-electron chi connectivity index (χ4n) is 5.04. The Morgan fingerprint density at radius 3 is 2.38 bits per heavy atom. The number of carboxylic acid groups (broad SMARTS) is 1. The van der Waals surface area contributed by atoms with Crippen molar-refractivity contribution in [2.24, 2.45) is 11.8 Å². The van der Waals surface area contributed by atoms with E-state index in [9.17, 15) is 14.7 Å². The Kier molecular flexibility index (Phi) is 6.77. The van der Waals surface area contributed by atoms with Gasteiger partial charge < -0.3 is 5.11 Å². The summed E-state index contributed by atoms with van der Waals surface area (Å²) in [5.41, 5.74) is 3.23. The van der Waals surface area contributed by atoms with E-state index < -0.39 is 5.97 Å². The van der Waals surface area contributed by atoms with Crippen LogP contribution in [0.15, 0.2) is 54.7 Å². The molecule has 0 bridgehead atoms. The number of hydrogen-bond donors (Lipinski definition) is 1. The first-order valence-electron chi connectivity index (χ1n) is 12.6. The summed E-state index contributed by atoms with van der Waals surface area (Å²) in [6, 6.07) is 14.8. The summed E-state index contributed by atoms with van der Waals surface area (Å²) in [6.45, 7) is 5.99. The molecule has 0 unspecified atom stereocenters. The van der Waals surface area contributed by atoms with Crippen LogP contribution in [0.5, 0.6) is 0 Å². The van der Waals surface area contributed by atoms with E-state index in [1.807, 2.05) is 56.3 Å². The lowest BCUT2D eigenvalue weighted by atomic mass is 9.82. The average Bonchev–Trinajstić information content (AvgIpc) is 3.50. The van der Waals surface area contributed by atoms with Crippen LogP contribution in [0.2, 0.25) is 5.15 Å². The van der Waals surface area contributed by atoms with E-state index in [-0.39, 0.29) is 29.2 Å². The molecule has 0 atom stereocenters. The van der Waals surface area contributed by atoms with Gasteiger partial charge in [-0.25, -0.2) is 14.0 Å². The summed E-state index contributed by atoms with van der Waals surface area (Å²) in [5.74, 6) is -0.467. The number of benzene rings is 1. The molecule has 0 radical (unpaired) electrons. The number of anilines is 1. The smallest absolute Gasteiger partial charge is 0.341 e. The van der Waals surface area contributed by atoms with Crippen LogP contribution >= 0.6 is 11.6 Å². The first-order valence-corrected chi connectivity index (χ1v) is 13.0. The second-order valence-corrected chi connectivity index (χ2v) is 10.5. The van der Waals surface area contributed by atoms with Crippen LogP contribution in [0.3, 0.4) is 0 Å². The molecule has 0 aliphatic heterocycles. The molecule has 1 aliphatic carbocycles. The van der Waals surface area contributed by atoms with E-state index in [4.69, 9.17) is 11.6 Å². The Morgan fingerprint density at radius 2 is 1.76 bits per heavy atom. The summed E-state index contributed by atoms with van der Waals surface area (Å²) < 4.78 is 3.20. The lowest BCUT2D eigenvalue weighted by Gasteiger charge is -2.32. The van der Waals surface area contributed by atoms with Crippen molar-refractivity contribution in [2.45, 2.75) is 52.5 Å². The van der Waals surface area contributed by atoms with Crippen molar-refractivity contribution >= 4 is 34.8 Å². The van der Waals surface area contributed by atoms with E-state index in [2.05, 4.69) is 17.1 Å². The third-order valence-electron chi connectivity index (χ3n) is 7.14. The predicted molar refractivity (Wildman–Crippen MR) is 143 cm³/mol. The number of amides is 1. The van der Waals surface area contributed by atoms with Gasteiger partial charge in [0.1, 0.15) is 10.7 Å². The highest BCUT2D eigenvalue weighted by Gasteiger charge is 2.34. The standard InChI is InChI=1S/C28H30ClN5O3/c1-17(2)33(27(35)20-9-7-18(3)8-10-20)26-23(28(36)37)16-32(31-26)21-13-11-19(12-14-21)24-15-22-5-4-6-25(29)34(22)30-24/h4-6,11-18,20H,7-10H2,1-3H3,(H,36,37). The molecule has 3 aromatic heterocycles. The molecule has 1 aromatic carbocycles. The Morgan fingerprint density at radius 1 is 1.05 bits per heavy atom. The molecule has 9 heteroatoms. The highest BCUT2D eigenvalue weighted by atomic mass is 35.5. The first kappa shape index (κ1) is 25.0. The van der Waals surface area contributed by atoms with Gasteiger partial charge in [0.2, 0.25) is 5.91 Å². The fourth-order valence-corrected chi connectivity index (χ4v) is 5.25. The number of hydrogen-bond acceptors (Lipinski definition) is 4. The third kappa shape index (κ3) is 4.85. The van der Waals surface area contributed by atoms with Crippen LogP contribution in [0.25, 0.3) is 22.5 Å². The zero-order chi connectivity index (χ0) is 26.3. The fraction of sp³-hybridized carbons (Fsp3) is 0.357. The monoisotopic (exact) mass is 519 g/mol. The largest absolute Gasteiger partial charge is 0.477 e. The van der Waals surface area contributed by atoms with Gasteiger partial charge in [0, 0.05) is 23.7 Å². The molecule has 37 heavy (non-hydrogen) atoms. The maximum absolute atomic E-state index is 13.5. The number of carboxylic acids is 1. The molecule has 3 heterocycles. The zero-order valence-corrected chi connectivity index (χ0v) is 21.9. The Bertz CT molecular complexity index is 1450. The summed E-state index contributed by atoms with van der Waals surface area (Å²) >= 11 is 6.24. The summed E-state index contributed by atoms with van der Waals surface area (Å²) in [5, 5.41) is 19.7. The predicted octanol–water partition coefficient (Wildman–Crippen LogP) is 6.11. The van der Waals surface area contributed by atoms with E-state index in [0.29, 0.717) is 16.8 Å². The molecule has 1 N–H and O–H groups in total. The second-order valence-electron chi connectivity index (χ2n) is 10.1. The second kappa shape index (κ2) is 10.0. The van der Waals surface area contributed by atoms with Crippen LogP contribution in [0, 0.1) is 11.8 Å². The number of carbonyl (C=O) groups is 2. The minimum atomic E-state index is -1.12. The SMILES string of the molecule is CC1CCC(C(=O)N(c2nn(-c3ccc(-c4cc5cccc(Cl)n5n4)cc3)cc2C(=O)O)C(C)C)CC1. The Labute approximate surface area is 220 Å². The first-order chi connectivity index (χ1) is 17.7. The van der Waals surface area contributed by atoms with Crippen LogP contribution < -0.4 is 4.90 Å². The number of aromatic carboxylic acids is 1. The molecule has 0 saturated heterocycles. The number of fused-ring (bicyclic) bond motifs is 1. The maximum Gasteiger partial charge on any atom is 0.341 e. The third-order valence-corrected chi connectivity index (χ3v) is 7.43. The Balaban J connectivity index is 1.46. The van der Waals surface area contributed by atoms with Crippen molar-refractivity contribution in [3.63, 3.8) is 0 Å². The van der Waals surface area contributed by atoms with Gasteiger partial charge in [0.15, 0.2) is 5.82 Å². The number of nitrogens with zero attached hydrogens (tertiary/aromatic N) is 5. The molecule has 192 valence electrons. The number of pyridine rings is 1. The quantitative estimate of drug-likeness (QED) is 0.310. The minimum Gasteiger partial charge on any atom is -0.477 e. The highest BCUT2D eigenvalue weighted by molar-refractivity contribution is 6.29. The Hall–Kier alpha value is -3.65. The van der Waals surface area contributed by atoms with Gasteiger partial charge in [0.25, 0.3) is 0 Å². The molecule has 0 spiro atoms. The van der Waals surface area contributed by atoms with Gasteiger partial charge in [-0.3, -0.25) is 9.69 Å². The molecule has 5 rings (SSSR count). The van der Waals surface area contributed by atoms with Gasteiger partial charge in [-0.2, -0.15) is 5.10 Å². The maximum atomic E-state index is 13.5. The van der Waals surface area contributed by atoms with Crippen molar-refractivity contribution in [3.05, 3.63) is 65.4 Å². The molecule has 1 amide bonds. The topological polar surface area (TPSA) is 92.7 Å². The van der Waals surface area contributed by atoms with E-state index >= 15 is 0 Å². The molecule has 1 aliphatic rings. The molecule has 1 saturated carbocycles. The van der Waals surface area contributed by atoms with E-state index in [1.165, 1.54) is 10.9 Å². The number of carbonyl (C=O) groups excluding carboxylic acids is 1. The van der Waals surface area contributed by atoms with Gasteiger partial charge in [0.05, 0.1) is 16.9 Å². The van der Waals surface area contributed by atoms with Gasteiger partial charge in [-0.05, 0) is 75.8 Å². The van der Waals surface area contributed by atoms with Crippen molar-refractivity contribution in [2.75, 3.05) is 4.90 Å². The van der Waals surface area contributed by atoms with E-state index in [1.54, 1.807) is 15.5 Å². The number of halogens is 1. The summed E-state index contributed by atoms with van der Waals surface area (Å²) in [4.78, 5) is 27.3. The molecule has 8 nitrogen and oxygen atoms in total. The summed E-state index contributed by atoms with van der Waals surface area (Å²) in [6.07, 6.45) is 5.13. The van der Waals surface area contributed by atoms with Crippen molar-refractivity contribution in [3.8, 4) is 16.9 Å². The van der Waals surface area contributed by atoms with Crippen LogP contribution in [-0.4, -0.2) is 42.4 Å². The lowest BCUT2D eigenvalue weighted by Crippen LogP contribution is -2.43. The number of rotatable bonds is 6. The normalized spacial score (nSPS) is 17.9. The molecule has 4 aromatic rings. The molecular weight excluding hydrogens is 490 g/mol. The van der Waals surface area contributed by atoms with Crippen LogP contribution in [0.4, 0.5) is 5.82 Å². The van der Waals surface area contributed by atoms with Crippen LogP contribution in [0.1, 0.15) is 56.8 Å². The van der Waals surface area contributed by atoms with Crippen molar-refractivity contribution in [1.82, 2.24) is 19.4 Å². The lowest BCUT2D eigenvalue weighted by molar-refractivity contribution is -0.124. The molecular formula is C28H30ClN5O3. The van der Waals surface area contributed by atoms with Gasteiger partial charge in [-0.1, -0.05) is 36.7 Å². The van der Waals surface area contributed by atoms with Crippen molar-refractivity contribution < 1.29 is 14.7 Å². The zero-order valence-electron chi connectivity index (χ0n) is 21.1. The van der Waals surface area contributed by atoms with Crippen LogP contribution in [-0.2, 0) is 4.79 Å². The van der Waals surface area contributed by atoms with Gasteiger partial charge >= 0.3 is 5.97 Å².